The number of rotatable bonds is 4. The van der Waals surface area contributed by atoms with Crippen LogP contribution in [-0.2, 0) is 16.0 Å². The number of hydrogen-bond acceptors (Lipinski definition) is 4. The Balaban J connectivity index is 1.54. The summed E-state index contributed by atoms with van der Waals surface area (Å²) < 4.78 is 17.7. The molecule has 2 heterocycles. The van der Waals surface area contributed by atoms with Crippen LogP contribution < -0.4 is 10.2 Å². The Morgan fingerprint density at radius 3 is 2.77 bits per heavy atom. The molecule has 1 aliphatic rings. The first-order chi connectivity index (χ1) is 10.5. The maximum Gasteiger partial charge on any atom is 0.251 e. The van der Waals surface area contributed by atoms with Crippen LogP contribution in [0.1, 0.15) is 11.5 Å². The van der Waals surface area contributed by atoms with Crippen molar-refractivity contribution >= 4 is 17.5 Å². The highest BCUT2D eigenvalue weighted by molar-refractivity contribution is 6.05. The van der Waals surface area contributed by atoms with Crippen LogP contribution in [0.2, 0.25) is 0 Å². The molecule has 1 aromatic heterocycles. The van der Waals surface area contributed by atoms with Crippen LogP contribution in [0.3, 0.4) is 0 Å². The van der Waals surface area contributed by atoms with E-state index in [-0.39, 0.29) is 24.1 Å². The molecule has 0 aliphatic carbocycles. The van der Waals surface area contributed by atoms with E-state index in [1.165, 1.54) is 29.2 Å². The predicted molar refractivity (Wildman–Crippen MR) is 75.6 cm³/mol. The Hall–Kier alpha value is -2.70. The van der Waals surface area contributed by atoms with Gasteiger partial charge in [-0.05, 0) is 31.2 Å². The molecule has 0 unspecified atom stereocenters. The van der Waals surface area contributed by atoms with Crippen molar-refractivity contribution in [2.75, 3.05) is 11.4 Å². The van der Waals surface area contributed by atoms with Crippen molar-refractivity contribution in [1.82, 2.24) is 10.5 Å². The molecule has 3 rings (SSSR count). The van der Waals surface area contributed by atoms with Crippen LogP contribution in [0, 0.1) is 12.7 Å². The van der Waals surface area contributed by atoms with Gasteiger partial charge in [-0.25, -0.2) is 4.39 Å². The third kappa shape index (κ3) is 2.83. The number of amides is 2. The normalized spacial score (nSPS) is 17.3. The number of carbonyl (C=O) groups excluding carboxylic acids is 2. The molecule has 0 radical (unpaired) electrons. The minimum atomic E-state index is -0.550. The molecule has 1 saturated heterocycles. The highest BCUT2D eigenvalue weighted by atomic mass is 19.1. The lowest BCUT2D eigenvalue weighted by atomic mass is 10.1. The Morgan fingerprint density at radius 1 is 1.45 bits per heavy atom. The first kappa shape index (κ1) is 14.2. The number of hydrogen-bond donors (Lipinski definition) is 1. The molecule has 0 spiro atoms. The fourth-order valence-corrected chi connectivity index (χ4v) is 2.30. The molecule has 0 bridgehead atoms. The second kappa shape index (κ2) is 5.59. The topological polar surface area (TPSA) is 75.4 Å². The van der Waals surface area contributed by atoms with E-state index in [2.05, 4.69) is 10.5 Å². The molecular formula is C15H14FN3O3. The lowest BCUT2D eigenvalue weighted by Crippen LogP contribution is -2.64. The van der Waals surface area contributed by atoms with Gasteiger partial charge in [0.25, 0.3) is 5.91 Å². The summed E-state index contributed by atoms with van der Waals surface area (Å²) in [6.45, 7) is 2.11. The second-order valence-corrected chi connectivity index (χ2v) is 5.15. The molecule has 2 aromatic rings. The van der Waals surface area contributed by atoms with Crippen molar-refractivity contribution in [1.29, 1.82) is 0 Å². The van der Waals surface area contributed by atoms with E-state index in [0.717, 1.165) is 0 Å². The van der Waals surface area contributed by atoms with Crippen LogP contribution in [0.15, 0.2) is 34.9 Å². The molecular weight excluding hydrogens is 289 g/mol. The maximum absolute atomic E-state index is 12.9. The minimum Gasteiger partial charge on any atom is -0.361 e. The highest BCUT2D eigenvalue weighted by Crippen LogP contribution is 2.22. The van der Waals surface area contributed by atoms with Crippen molar-refractivity contribution in [3.63, 3.8) is 0 Å². The number of nitrogens with zero attached hydrogens (tertiary/aromatic N) is 2. The molecule has 6 nitrogen and oxygen atoms in total. The standard InChI is InChI=1S/C15H14FN3O3/c1-9-6-11(18-22-9)7-14(20)17-13-8-19(15(13)21)12-4-2-10(16)3-5-12/h2-6,13H,7-8H2,1H3,(H,17,20)/t13-/m1/s1. The lowest BCUT2D eigenvalue weighted by Gasteiger charge is -2.38. The van der Waals surface area contributed by atoms with Gasteiger partial charge >= 0.3 is 0 Å². The zero-order valence-corrected chi connectivity index (χ0v) is 11.9. The van der Waals surface area contributed by atoms with Gasteiger partial charge in [-0.1, -0.05) is 5.16 Å². The van der Waals surface area contributed by atoms with Crippen molar-refractivity contribution in [3.8, 4) is 0 Å². The summed E-state index contributed by atoms with van der Waals surface area (Å²) in [7, 11) is 0. The zero-order chi connectivity index (χ0) is 15.7. The summed E-state index contributed by atoms with van der Waals surface area (Å²) in [4.78, 5) is 25.4. The monoisotopic (exact) mass is 303 g/mol. The van der Waals surface area contributed by atoms with E-state index >= 15 is 0 Å². The average Bonchev–Trinajstić information content (AvgIpc) is 2.89. The van der Waals surface area contributed by atoms with Crippen LogP contribution in [-0.4, -0.2) is 29.6 Å². The number of nitrogens with one attached hydrogen (secondary N) is 1. The van der Waals surface area contributed by atoms with E-state index in [0.29, 0.717) is 23.7 Å². The van der Waals surface area contributed by atoms with E-state index in [4.69, 9.17) is 4.52 Å². The van der Waals surface area contributed by atoms with Gasteiger partial charge < -0.3 is 14.7 Å². The van der Waals surface area contributed by atoms with Crippen molar-refractivity contribution < 1.29 is 18.5 Å². The van der Waals surface area contributed by atoms with Crippen molar-refractivity contribution in [2.24, 2.45) is 0 Å². The SMILES string of the molecule is Cc1cc(CC(=O)N[C@@H]2CN(c3ccc(F)cc3)C2=O)no1. The van der Waals surface area contributed by atoms with Crippen LogP contribution in [0.25, 0.3) is 0 Å². The van der Waals surface area contributed by atoms with Gasteiger partial charge in [0.05, 0.1) is 18.7 Å². The minimum absolute atomic E-state index is 0.0671. The van der Waals surface area contributed by atoms with Gasteiger partial charge in [0, 0.05) is 11.8 Å². The Kier molecular flexibility index (Phi) is 3.62. The number of benzene rings is 1. The first-order valence-corrected chi connectivity index (χ1v) is 6.81. The van der Waals surface area contributed by atoms with Crippen LogP contribution in [0.5, 0.6) is 0 Å². The van der Waals surface area contributed by atoms with Gasteiger partial charge in [-0.3, -0.25) is 9.59 Å². The van der Waals surface area contributed by atoms with Gasteiger partial charge in [0.2, 0.25) is 5.91 Å². The number of aryl methyl sites for hydroxylation is 1. The summed E-state index contributed by atoms with van der Waals surface area (Å²) in [6, 6.07) is 6.77. The fourth-order valence-electron chi connectivity index (χ4n) is 2.30. The van der Waals surface area contributed by atoms with Gasteiger partial charge in [0.1, 0.15) is 17.6 Å². The van der Waals surface area contributed by atoms with E-state index < -0.39 is 6.04 Å². The molecule has 22 heavy (non-hydrogen) atoms. The fraction of sp³-hybridized carbons (Fsp3) is 0.267. The zero-order valence-electron chi connectivity index (χ0n) is 11.9. The van der Waals surface area contributed by atoms with Gasteiger partial charge in [-0.2, -0.15) is 0 Å². The molecule has 1 N–H and O–H groups in total. The molecule has 1 fully saturated rings. The van der Waals surface area contributed by atoms with Crippen molar-refractivity contribution in [2.45, 2.75) is 19.4 Å². The smallest absolute Gasteiger partial charge is 0.251 e. The molecule has 114 valence electrons. The second-order valence-electron chi connectivity index (χ2n) is 5.15. The quantitative estimate of drug-likeness (QED) is 0.861. The van der Waals surface area contributed by atoms with Gasteiger partial charge in [-0.15, -0.1) is 0 Å². The Morgan fingerprint density at radius 2 is 2.18 bits per heavy atom. The van der Waals surface area contributed by atoms with Crippen molar-refractivity contribution in [3.05, 3.63) is 47.6 Å². The summed E-state index contributed by atoms with van der Waals surface area (Å²) in [6.07, 6.45) is 0.0671. The third-order valence-electron chi connectivity index (χ3n) is 3.42. The summed E-state index contributed by atoms with van der Waals surface area (Å²) in [5, 5.41) is 6.38. The molecule has 7 heteroatoms. The lowest BCUT2D eigenvalue weighted by molar-refractivity contribution is -0.130. The first-order valence-electron chi connectivity index (χ1n) is 6.81. The van der Waals surface area contributed by atoms with E-state index in [1.807, 2.05) is 0 Å². The number of anilines is 1. The number of carbonyl (C=O) groups is 2. The van der Waals surface area contributed by atoms with E-state index in [1.54, 1.807) is 13.0 Å². The predicted octanol–water partition coefficient (Wildman–Crippen LogP) is 1.20. The number of β-lactam (4-membered cyclic amide) rings is 1. The average molecular weight is 303 g/mol. The van der Waals surface area contributed by atoms with E-state index in [9.17, 15) is 14.0 Å². The van der Waals surface area contributed by atoms with Crippen LogP contribution in [0.4, 0.5) is 10.1 Å². The maximum atomic E-state index is 12.9. The number of aromatic nitrogens is 1. The third-order valence-corrected chi connectivity index (χ3v) is 3.42. The molecule has 1 aromatic carbocycles. The largest absolute Gasteiger partial charge is 0.361 e. The number of halogens is 1. The van der Waals surface area contributed by atoms with Gasteiger partial charge in [0.15, 0.2) is 0 Å². The molecule has 1 aliphatic heterocycles. The highest BCUT2D eigenvalue weighted by Gasteiger charge is 2.38. The summed E-state index contributed by atoms with van der Waals surface area (Å²) in [5.74, 6) is -0.226. The molecule has 2 amide bonds. The molecule has 1 atom stereocenters. The summed E-state index contributed by atoms with van der Waals surface area (Å²) in [5.41, 5.74) is 1.14. The van der Waals surface area contributed by atoms with Crippen LogP contribution >= 0.6 is 0 Å². The Labute approximate surface area is 125 Å². The Bertz CT molecular complexity index is 711. The summed E-state index contributed by atoms with van der Waals surface area (Å²) >= 11 is 0. The molecule has 0 saturated carbocycles.